The molecule has 0 aromatic heterocycles. The molecule has 0 saturated heterocycles. The monoisotopic (exact) mass is 258 g/mol. The minimum absolute atomic E-state index is 0.249. The molecule has 1 N–H and O–H groups in total. The third kappa shape index (κ3) is 3.69. The largest absolute Gasteiger partial charge is 0.478 e. The molecule has 2 unspecified atom stereocenters. The van der Waals surface area contributed by atoms with Crippen LogP contribution in [0.3, 0.4) is 0 Å². The molecule has 2 atom stereocenters. The lowest BCUT2D eigenvalue weighted by Crippen LogP contribution is -2.11. The van der Waals surface area contributed by atoms with Gasteiger partial charge in [-0.1, -0.05) is 50.6 Å². The van der Waals surface area contributed by atoms with Crippen molar-refractivity contribution in [1.82, 2.24) is 0 Å². The van der Waals surface area contributed by atoms with Gasteiger partial charge in [-0.2, -0.15) is 0 Å². The van der Waals surface area contributed by atoms with E-state index in [9.17, 15) is 4.79 Å². The van der Waals surface area contributed by atoms with Crippen LogP contribution in [-0.2, 0) is 11.2 Å². The number of carboxylic acids is 1. The highest BCUT2D eigenvalue weighted by Crippen LogP contribution is 2.35. The fraction of sp³-hybridized carbons (Fsp3) is 0.471. The Morgan fingerprint density at radius 3 is 2.58 bits per heavy atom. The summed E-state index contributed by atoms with van der Waals surface area (Å²) in [4.78, 5) is 10.8. The van der Waals surface area contributed by atoms with Crippen LogP contribution in [0.1, 0.15) is 49.7 Å². The summed E-state index contributed by atoms with van der Waals surface area (Å²) < 4.78 is 0. The minimum Gasteiger partial charge on any atom is -0.478 e. The second-order valence-electron chi connectivity index (χ2n) is 5.80. The summed E-state index contributed by atoms with van der Waals surface area (Å²) in [6, 6.07) is 8.41. The highest BCUT2D eigenvalue weighted by molar-refractivity contribution is 5.86. The maximum Gasteiger partial charge on any atom is 0.331 e. The van der Waals surface area contributed by atoms with Crippen molar-refractivity contribution in [3.05, 3.63) is 47.5 Å². The third-order valence-electron chi connectivity index (χ3n) is 4.11. The number of rotatable bonds is 4. The Kier molecular flexibility index (Phi) is 4.41. The molecule has 2 rings (SSSR count). The van der Waals surface area contributed by atoms with Crippen molar-refractivity contribution in [2.24, 2.45) is 5.92 Å². The molecule has 0 radical (unpaired) electrons. The Hall–Kier alpha value is -1.57. The van der Waals surface area contributed by atoms with Crippen LogP contribution in [0.25, 0.3) is 0 Å². The van der Waals surface area contributed by atoms with Gasteiger partial charge in [-0.05, 0) is 35.8 Å². The van der Waals surface area contributed by atoms with E-state index in [1.165, 1.54) is 31.2 Å². The Bertz CT molecular complexity index is 459. The summed E-state index contributed by atoms with van der Waals surface area (Å²) in [5.74, 6) is 0.593. The second-order valence-corrected chi connectivity index (χ2v) is 5.80. The van der Waals surface area contributed by atoms with Crippen molar-refractivity contribution in [1.29, 1.82) is 0 Å². The van der Waals surface area contributed by atoms with Gasteiger partial charge in [0.1, 0.15) is 0 Å². The van der Waals surface area contributed by atoms with Crippen molar-refractivity contribution >= 4 is 5.97 Å². The molecule has 2 nitrogen and oxygen atoms in total. The van der Waals surface area contributed by atoms with Crippen LogP contribution in [0.2, 0.25) is 0 Å². The standard InChI is InChI=1S/C17H22O2/c1-12-4-3-5-16(10-12)15-8-6-14(7-9-15)11-13(2)17(18)19/h6-9,12,16H,2-5,10-11H2,1H3,(H,18,19). The Labute approximate surface area is 115 Å². The number of benzene rings is 1. The third-order valence-corrected chi connectivity index (χ3v) is 4.11. The molecular weight excluding hydrogens is 236 g/mol. The van der Waals surface area contributed by atoms with Crippen LogP contribution in [0.15, 0.2) is 36.4 Å². The van der Waals surface area contributed by atoms with E-state index < -0.39 is 5.97 Å². The number of aliphatic carboxylic acids is 1. The van der Waals surface area contributed by atoms with Gasteiger partial charge < -0.3 is 5.11 Å². The smallest absolute Gasteiger partial charge is 0.331 e. The van der Waals surface area contributed by atoms with E-state index in [1.54, 1.807) is 0 Å². The molecule has 0 amide bonds. The first kappa shape index (κ1) is 13.9. The second kappa shape index (κ2) is 6.05. The minimum atomic E-state index is -0.912. The summed E-state index contributed by atoms with van der Waals surface area (Å²) >= 11 is 0. The molecule has 0 spiro atoms. The maximum atomic E-state index is 10.8. The van der Waals surface area contributed by atoms with Gasteiger partial charge in [-0.15, -0.1) is 0 Å². The highest BCUT2D eigenvalue weighted by Gasteiger charge is 2.20. The van der Waals surface area contributed by atoms with E-state index in [-0.39, 0.29) is 5.57 Å². The topological polar surface area (TPSA) is 37.3 Å². The molecule has 0 bridgehead atoms. The lowest BCUT2D eigenvalue weighted by atomic mass is 9.78. The quantitative estimate of drug-likeness (QED) is 0.823. The average molecular weight is 258 g/mol. The lowest BCUT2D eigenvalue weighted by molar-refractivity contribution is -0.132. The maximum absolute atomic E-state index is 10.8. The zero-order chi connectivity index (χ0) is 13.8. The molecule has 1 aromatic rings. The molecule has 1 aliphatic carbocycles. The molecule has 1 aliphatic rings. The SMILES string of the molecule is C=C(Cc1ccc(C2CCCC(C)C2)cc1)C(=O)O. The van der Waals surface area contributed by atoms with E-state index in [0.717, 1.165) is 11.5 Å². The van der Waals surface area contributed by atoms with Gasteiger partial charge in [-0.25, -0.2) is 4.79 Å². The van der Waals surface area contributed by atoms with Gasteiger partial charge in [-0.3, -0.25) is 0 Å². The molecule has 0 heterocycles. The Balaban J connectivity index is 2.01. The van der Waals surface area contributed by atoms with Crippen LogP contribution in [0.5, 0.6) is 0 Å². The van der Waals surface area contributed by atoms with Gasteiger partial charge in [0.25, 0.3) is 0 Å². The van der Waals surface area contributed by atoms with Crippen LogP contribution < -0.4 is 0 Å². The molecule has 2 heteroatoms. The number of hydrogen-bond acceptors (Lipinski definition) is 1. The molecule has 1 aromatic carbocycles. The molecule has 1 fully saturated rings. The fourth-order valence-electron chi connectivity index (χ4n) is 2.97. The first-order valence-corrected chi connectivity index (χ1v) is 7.06. The number of carbonyl (C=O) groups is 1. The van der Waals surface area contributed by atoms with E-state index >= 15 is 0 Å². The summed E-state index contributed by atoms with van der Waals surface area (Å²) in [6.45, 7) is 5.90. The molecular formula is C17H22O2. The van der Waals surface area contributed by atoms with Gasteiger partial charge >= 0.3 is 5.97 Å². The lowest BCUT2D eigenvalue weighted by Gasteiger charge is -2.27. The first-order valence-electron chi connectivity index (χ1n) is 7.06. The molecule has 102 valence electrons. The van der Waals surface area contributed by atoms with Crippen LogP contribution in [-0.4, -0.2) is 11.1 Å². The van der Waals surface area contributed by atoms with Crippen molar-refractivity contribution in [2.75, 3.05) is 0 Å². The van der Waals surface area contributed by atoms with E-state index in [0.29, 0.717) is 12.3 Å². The van der Waals surface area contributed by atoms with Gasteiger partial charge in [0.2, 0.25) is 0 Å². The van der Waals surface area contributed by atoms with E-state index in [2.05, 4.69) is 25.6 Å². The summed E-state index contributed by atoms with van der Waals surface area (Å²) in [6.07, 6.45) is 5.67. The van der Waals surface area contributed by atoms with Gasteiger partial charge in [0.05, 0.1) is 0 Å². The van der Waals surface area contributed by atoms with Crippen molar-refractivity contribution in [3.8, 4) is 0 Å². The van der Waals surface area contributed by atoms with Gasteiger partial charge in [0.15, 0.2) is 0 Å². The first-order chi connectivity index (χ1) is 9.06. The van der Waals surface area contributed by atoms with Crippen molar-refractivity contribution in [2.45, 2.75) is 44.9 Å². The van der Waals surface area contributed by atoms with Crippen molar-refractivity contribution in [3.63, 3.8) is 0 Å². The number of hydrogen-bond donors (Lipinski definition) is 1. The Morgan fingerprint density at radius 1 is 1.32 bits per heavy atom. The summed E-state index contributed by atoms with van der Waals surface area (Å²) in [5, 5.41) is 8.83. The van der Waals surface area contributed by atoms with E-state index in [1.807, 2.05) is 12.1 Å². The average Bonchev–Trinajstić information content (AvgIpc) is 2.39. The fourth-order valence-corrected chi connectivity index (χ4v) is 2.97. The Morgan fingerprint density at radius 2 is 2.00 bits per heavy atom. The predicted molar refractivity (Wildman–Crippen MR) is 77.3 cm³/mol. The van der Waals surface area contributed by atoms with Crippen LogP contribution in [0.4, 0.5) is 0 Å². The molecule has 19 heavy (non-hydrogen) atoms. The van der Waals surface area contributed by atoms with E-state index in [4.69, 9.17) is 5.11 Å². The normalized spacial score (nSPS) is 23.0. The van der Waals surface area contributed by atoms with Crippen LogP contribution >= 0.6 is 0 Å². The molecule has 1 saturated carbocycles. The zero-order valence-corrected chi connectivity index (χ0v) is 11.6. The van der Waals surface area contributed by atoms with Crippen LogP contribution in [0, 0.1) is 5.92 Å². The summed E-state index contributed by atoms with van der Waals surface area (Å²) in [5.41, 5.74) is 2.68. The molecule has 0 aliphatic heterocycles. The van der Waals surface area contributed by atoms with Gasteiger partial charge in [0, 0.05) is 12.0 Å². The summed E-state index contributed by atoms with van der Waals surface area (Å²) in [7, 11) is 0. The zero-order valence-electron chi connectivity index (χ0n) is 11.6. The highest BCUT2D eigenvalue weighted by atomic mass is 16.4. The number of carboxylic acid groups (broad SMARTS) is 1. The predicted octanol–water partition coefficient (Wildman–Crippen LogP) is 4.16. The van der Waals surface area contributed by atoms with Crippen molar-refractivity contribution < 1.29 is 9.90 Å².